The number of carbonyl (C=O) groups is 1. The highest BCUT2D eigenvalue weighted by molar-refractivity contribution is 6.15. The second kappa shape index (κ2) is 5.75. The van der Waals surface area contributed by atoms with E-state index in [-0.39, 0.29) is 5.91 Å². The van der Waals surface area contributed by atoms with E-state index < -0.39 is 0 Å². The first-order valence-corrected chi connectivity index (χ1v) is 10.8. The van der Waals surface area contributed by atoms with E-state index in [1.54, 1.807) is 4.57 Å². The van der Waals surface area contributed by atoms with Crippen molar-refractivity contribution >= 4 is 44.8 Å². The van der Waals surface area contributed by atoms with Crippen molar-refractivity contribution in [1.82, 2.24) is 23.5 Å². The molecule has 1 aliphatic rings. The van der Waals surface area contributed by atoms with Gasteiger partial charge in [-0.25, -0.2) is 9.97 Å². The van der Waals surface area contributed by atoms with Crippen LogP contribution in [0.5, 0.6) is 0 Å². The Hall–Kier alpha value is -4.71. The van der Waals surface area contributed by atoms with Crippen LogP contribution in [0, 0.1) is 0 Å². The van der Waals surface area contributed by atoms with Crippen LogP contribution < -0.4 is 0 Å². The van der Waals surface area contributed by atoms with Crippen LogP contribution >= 0.6 is 0 Å². The summed E-state index contributed by atoms with van der Waals surface area (Å²) in [7, 11) is 0. The summed E-state index contributed by atoms with van der Waals surface area (Å²) in [6.45, 7) is 0. The molecule has 0 amide bonds. The van der Waals surface area contributed by atoms with E-state index in [2.05, 4.69) is 27.2 Å². The topological polar surface area (TPSA) is 57.1 Å². The van der Waals surface area contributed by atoms with Gasteiger partial charge in [0.25, 0.3) is 5.91 Å². The summed E-state index contributed by atoms with van der Waals surface area (Å²) in [4.78, 5) is 23.5. The van der Waals surface area contributed by atoms with Gasteiger partial charge in [-0.2, -0.15) is 0 Å². The van der Waals surface area contributed by atoms with Crippen molar-refractivity contribution in [3.63, 3.8) is 0 Å². The lowest BCUT2D eigenvalue weighted by molar-refractivity contribution is 0.0973. The molecule has 0 spiro atoms. The number of aromatic nitrogens is 5. The van der Waals surface area contributed by atoms with Gasteiger partial charge in [0.05, 0.1) is 44.4 Å². The number of fused-ring (bicyclic) bond motifs is 10. The predicted molar refractivity (Wildman–Crippen MR) is 128 cm³/mol. The van der Waals surface area contributed by atoms with Crippen LogP contribution in [0.4, 0.5) is 0 Å². The average Bonchev–Trinajstić information content (AvgIpc) is 3.57. The maximum absolute atomic E-state index is 13.8. The van der Waals surface area contributed by atoms with E-state index in [0.29, 0.717) is 11.4 Å². The number of hydrogen-bond donors (Lipinski definition) is 0. The first-order chi connectivity index (χ1) is 16.3. The minimum atomic E-state index is -0.0589. The lowest BCUT2D eigenvalue weighted by atomic mass is 10.1. The van der Waals surface area contributed by atoms with Gasteiger partial charge in [0.15, 0.2) is 0 Å². The molecule has 3 aromatic heterocycles. The molecule has 0 bridgehead atoms. The van der Waals surface area contributed by atoms with Crippen molar-refractivity contribution in [3.8, 4) is 17.1 Å². The first kappa shape index (κ1) is 16.9. The molecule has 0 fully saturated rings. The van der Waals surface area contributed by atoms with Gasteiger partial charge in [-0.1, -0.05) is 48.5 Å². The molecule has 1 aliphatic heterocycles. The van der Waals surface area contributed by atoms with Crippen LogP contribution in [0.3, 0.4) is 0 Å². The van der Waals surface area contributed by atoms with E-state index in [1.165, 1.54) is 0 Å². The van der Waals surface area contributed by atoms with Gasteiger partial charge in [-0.15, -0.1) is 0 Å². The predicted octanol–water partition coefficient (Wildman–Crippen LogP) is 5.45. The molecule has 0 saturated carbocycles. The molecule has 6 nitrogen and oxygen atoms in total. The van der Waals surface area contributed by atoms with Crippen LogP contribution in [0.1, 0.15) is 10.4 Å². The highest BCUT2D eigenvalue weighted by atomic mass is 16.2. The zero-order valence-corrected chi connectivity index (χ0v) is 17.3. The summed E-state index contributed by atoms with van der Waals surface area (Å²) < 4.78 is 5.99. The number of para-hydroxylation sites is 6. The molecule has 33 heavy (non-hydrogen) atoms. The molecular formula is C27H15N5O. The molecule has 0 saturated heterocycles. The van der Waals surface area contributed by atoms with Crippen molar-refractivity contribution in [1.29, 1.82) is 0 Å². The highest BCUT2D eigenvalue weighted by Gasteiger charge is 2.33. The lowest BCUT2D eigenvalue weighted by Crippen LogP contribution is -2.10. The third kappa shape index (κ3) is 1.96. The summed E-state index contributed by atoms with van der Waals surface area (Å²) in [5.41, 5.74) is 7.98. The quantitative estimate of drug-likeness (QED) is 0.351. The Morgan fingerprint density at radius 2 is 1.24 bits per heavy atom. The zero-order valence-electron chi connectivity index (χ0n) is 17.3. The Balaban J connectivity index is 1.52. The Morgan fingerprint density at radius 3 is 2.06 bits per heavy atom. The standard InChI is InChI=1S/C27H15N5O/c33-26-24-16(25-28-17-9-1-4-12-20(17)32(25)26)8-7-15-23(24)31-22-14-6-5-13-21(22)30-19-11-3-2-10-18(19)29-27(30)31/h1-15H. The molecule has 6 heteroatoms. The molecule has 0 radical (unpaired) electrons. The molecule has 4 aromatic carbocycles. The van der Waals surface area contributed by atoms with Gasteiger partial charge in [-0.05, 0) is 42.5 Å². The Morgan fingerprint density at radius 1 is 0.576 bits per heavy atom. The molecule has 0 atom stereocenters. The average molecular weight is 425 g/mol. The number of hydrogen-bond acceptors (Lipinski definition) is 3. The van der Waals surface area contributed by atoms with Crippen molar-refractivity contribution in [3.05, 3.63) is 96.6 Å². The summed E-state index contributed by atoms with van der Waals surface area (Å²) in [6.07, 6.45) is 0. The lowest BCUT2D eigenvalue weighted by Gasteiger charge is -2.10. The fourth-order valence-corrected chi connectivity index (χ4v) is 5.25. The number of benzene rings is 4. The first-order valence-electron chi connectivity index (χ1n) is 10.8. The van der Waals surface area contributed by atoms with E-state index in [4.69, 9.17) is 9.97 Å². The Labute approximate surface area is 187 Å². The fraction of sp³-hybridized carbons (Fsp3) is 0. The normalized spacial score (nSPS) is 12.9. The molecule has 0 aliphatic carbocycles. The second-order valence-electron chi connectivity index (χ2n) is 8.32. The molecule has 8 rings (SSSR count). The van der Waals surface area contributed by atoms with Crippen molar-refractivity contribution in [2.75, 3.05) is 0 Å². The molecule has 4 heterocycles. The van der Waals surface area contributed by atoms with Crippen molar-refractivity contribution < 1.29 is 4.79 Å². The van der Waals surface area contributed by atoms with Gasteiger partial charge in [-0.3, -0.25) is 18.3 Å². The van der Waals surface area contributed by atoms with Crippen LogP contribution in [-0.4, -0.2) is 29.4 Å². The largest absolute Gasteiger partial charge is 0.277 e. The number of nitrogens with zero attached hydrogens (tertiary/aromatic N) is 5. The van der Waals surface area contributed by atoms with Crippen molar-refractivity contribution in [2.45, 2.75) is 0 Å². The SMILES string of the molecule is O=C1c2c(cccc2-n2c3ccccc3n3c4ccccc4nc23)-c2nc3ccccc3n21. The maximum atomic E-state index is 13.8. The maximum Gasteiger partial charge on any atom is 0.267 e. The molecule has 0 unspecified atom stereocenters. The number of rotatable bonds is 1. The fourth-order valence-electron chi connectivity index (χ4n) is 5.25. The summed E-state index contributed by atoms with van der Waals surface area (Å²) in [5.74, 6) is 1.42. The van der Waals surface area contributed by atoms with Gasteiger partial charge < -0.3 is 0 Å². The summed E-state index contributed by atoms with van der Waals surface area (Å²) in [6, 6.07) is 30.1. The Bertz CT molecular complexity index is 1950. The third-order valence-corrected chi connectivity index (χ3v) is 6.61. The van der Waals surface area contributed by atoms with E-state index in [0.717, 1.165) is 50.1 Å². The van der Waals surface area contributed by atoms with Gasteiger partial charge in [0, 0.05) is 5.56 Å². The minimum absolute atomic E-state index is 0.0589. The summed E-state index contributed by atoms with van der Waals surface area (Å²) >= 11 is 0. The van der Waals surface area contributed by atoms with Crippen LogP contribution in [0.2, 0.25) is 0 Å². The third-order valence-electron chi connectivity index (χ3n) is 6.61. The zero-order chi connectivity index (χ0) is 21.7. The van der Waals surface area contributed by atoms with Gasteiger partial charge in [0.1, 0.15) is 5.82 Å². The van der Waals surface area contributed by atoms with E-state index >= 15 is 0 Å². The number of imidazole rings is 3. The van der Waals surface area contributed by atoms with Crippen LogP contribution in [0.15, 0.2) is 91.0 Å². The molecular weight excluding hydrogens is 410 g/mol. The molecule has 0 N–H and O–H groups in total. The number of carbonyl (C=O) groups excluding carboxylic acids is 1. The van der Waals surface area contributed by atoms with Gasteiger partial charge >= 0.3 is 0 Å². The monoisotopic (exact) mass is 425 g/mol. The summed E-state index contributed by atoms with van der Waals surface area (Å²) in [5, 5.41) is 0. The van der Waals surface area contributed by atoms with E-state index in [9.17, 15) is 4.79 Å². The Kier molecular flexibility index (Phi) is 2.95. The smallest absolute Gasteiger partial charge is 0.267 e. The van der Waals surface area contributed by atoms with Crippen LogP contribution in [-0.2, 0) is 0 Å². The second-order valence-corrected chi connectivity index (χ2v) is 8.32. The molecule has 154 valence electrons. The highest BCUT2D eigenvalue weighted by Crippen LogP contribution is 2.39. The minimum Gasteiger partial charge on any atom is -0.277 e. The van der Waals surface area contributed by atoms with Gasteiger partial charge in [0.2, 0.25) is 5.78 Å². The van der Waals surface area contributed by atoms with Crippen molar-refractivity contribution in [2.24, 2.45) is 0 Å². The van der Waals surface area contributed by atoms with E-state index in [1.807, 2.05) is 72.8 Å². The molecule has 7 aromatic rings. The van der Waals surface area contributed by atoms with Crippen LogP contribution in [0.25, 0.3) is 56.0 Å².